The summed E-state index contributed by atoms with van der Waals surface area (Å²) in [7, 11) is -0.372. The van der Waals surface area contributed by atoms with E-state index in [2.05, 4.69) is 48.9 Å². The molecule has 24 heavy (non-hydrogen) atoms. The number of hydrogen-bond acceptors (Lipinski definition) is 5. The van der Waals surface area contributed by atoms with Crippen molar-refractivity contribution < 1.29 is 13.8 Å². The third-order valence-corrected chi connectivity index (χ3v) is 4.93. The van der Waals surface area contributed by atoms with Gasteiger partial charge < -0.3 is 18.8 Å². The summed E-state index contributed by atoms with van der Waals surface area (Å²) in [5, 5.41) is 4.88. The first-order valence-electron chi connectivity index (χ1n) is 8.04. The van der Waals surface area contributed by atoms with E-state index in [0.29, 0.717) is 11.7 Å². The van der Waals surface area contributed by atoms with Gasteiger partial charge in [-0.2, -0.15) is 4.98 Å². The van der Waals surface area contributed by atoms with Crippen LogP contribution in [0.25, 0.3) is 22.5 Å². The normalized spacial score (nSPS) is 19.3. The minimum atomic E-state index is -0.372. The zero-order valence-electron chi connectivity index (χ0n) is 14.5. The highest BCUT2D eigenvalue weighted by atomic mass is 16.7. The molecule has 1 aliphatic rings. The van der Waals surface area contributed by atoms with Crippen molar-refractivity contribution in [3.63, 3.8) is 0 Å². The highest BCUT2D eigenvalue weighted by Gasteiger charge is 2.51. The Morgan fingerprint density at radius 3 is 2.38 bits per heavy atom. The zero-order chi connectivity index (χ0) is 17.1. The van der Waals surface area contributed by atoms with E-state index in [0.717, 1.165) is 22.1 Å². The van der Waals surface area contributed by atoms with Crippen LogP contribution in [0, 0.1) is 6.92 Å². The number of H-pyrrole nitrogens is 1. The molecule has 7 heteroatoms. The molecular formula is C17H20BN3O3. The lowest BCUT2D eigenvalue weighted by Gasteiger charge is -2.32. The minimum Gasteiger partial charge on any atom is -0.399 e. The van der Waals surface area contributed by atoms with Gasteiger partial charge in [-0.15, -0.1) is 0 Å². The summed E-state index contributed by atoms with van der Waals surface area (Å²) in [6.45, 7) is 10.0. The largest absolute Gasteiger partial charge is 0.494 e. The quantitative estimate of drug-likeness (QED) is 0.734. The lowest BCUT2D eigenvalue weighted by molar-refractivity contribution is 0.00578. The molecule has 1 aliphatic heterocycles. The molecule has 3 aromatic rings. The Morgan fingerprint density at radius 1 is 1.04 bits per heavy atom. The summed E-state index contributed by atoms with van der Waals surface area (Å²) in [4.78, 5) is 7.55. The summed E-state index contributed by atoms with van der Waals surface area (Å²) in [6.07, 6.45) is 0. The molecule has 1 aromatic carbocycles. The van der Waals surface area contributed by atoms with Crippen molar-refractivity contribution in [3.05, 3.63) is 30.1 Å². The number of benzene rings is 1. The van der Waals surface area contributed by atoms with E-state index in [4.69, 9.17) is 13.8 Å². The standard InChI is InChI=1S/C17H20BN3O3/c1-10-19-15(22-21-10)14-9-11-8-12(6-7-13(11)20-14)18-23-16(2,3)17(4,5)24-18/h6-9,20H,1-5H3. The van der Waals surface area contributed by atoms with E-state index in [1.165, 1.54) is 0 Å². The lowest BCUT2D eigenvalue weighted by Crippen LogP contribution is -2.41. The van der Waals surface area contributed by atoms with Gasteiger partial charge in [-0.1, -0.05) is 17.3 Å². The first kappa shape index (κ1) is 15.4. The van der Waals surface area contributed by atoms with E-state index >= 15 is 0 Å². The van der Waals surface area contributed by atoms with Gasteiger partial charge in [-0.3, -0.25) is 0 Å². The SMILES string of the molecule is Cc1noc(-c2cc3cc(B4OC(C)(C)C(C)(C)O4)ccc3[nH]2)n1. The van der Waals surface area contributed by atoms with Crippen LogP contribution in [-0.2, 0) is 9.31 Å². The average molecular weight is 325 g/mol. The fraction of sp³-hybridized carbons (Fsp3) is 0.412. The second-order valence-electron chi connectivity index (χ2n) is 7.26. The smallest absolute Gasteiger partial charge is 0.399 e. The number of aromatic nitrogens is 3. The summed E-state index contributed by atoms with van der Waals surface area (Å²) in [6, 6.07) is 8.10. The molecule has 0 amide bonds. The monoisotopic (exact) mass is 325 g/mol. The molecule has 124 valence electrons. The Bertz CT molecular complexity index is 897. The van der Waals surface area contributed by atoms with E-state index in [9.17, 15) is 0 Å². The van der Waals surface area contributed by atoms with Crippen molar-refractivity contribution in [2.24, 2.45) is 0 Å². The van der Waals surface area contributed by atoms with Gasteiger partial charge in [0.2, 0.25) is 0 Å². The van der Waals surface area contributed by atoms with Crippen LogP contribution in [0.3, 0.4) is 0 Å². The predicted octanol–water partition coefficient (Wildman–Crippen LogP) is 2.83. The van der Waals surface area contributed by atoms with Gasteiger partial charge in [0.05, 0.1) is 11.2 Å². The number of aromatic amines is 1. The van der Waals surface area contributed by atoms with Crippen LogP contribution < -0.4 is 5.46 Å². The van der Waals surface area contributed by atoms with Crippen molar-refractivity contribution in [1.29, 1.82) is 0 Å². The summed E-state index contributed by atoms with van der Waals surface area (Å²) in [5.74, 6) is 1.10. The molecule has 0 radical (unpaired) electrons. The molecule has 0 aliphatic carbocycles. The molecule has 0 bridgehead atoms. The van der Waals surface area contributed by atoms with Crippen molar-refractivity contribution in [2.75, 3.05) is 0 Å². The molecule has 1 N–H and O–H groups in total. The lowest BCUT2D eigenvalue weighted by atomic mass is 9.79. The highest BCUT2D eigenvalue weighted by molar-refractivity contribution is 6.62. The highest BCUT2D eigenvalue weighted by Crippen LogP contribution is 2.36. The van der Waals surface area contributed by atoms with Crippen LogP contribution in [0.15, 0.2) is 28.8 Å². The second kappa shape index (κ2) is 4.94. The van der Waals surface area contributed by atoms with Crippen LogP contribution in [-0.4, -0.2) is 33.4 Å². The Balaban J connectivity index is 1.69. The van der Waals surface area contributed by atoms with E-state index in [1.807, 2.05) is 18.2 Å². The molecule has 2 aromatic heterocycles. The Labute approximate surface area is 140 Å². The minimum absolute atomic E-state index is 0.350. The molecule has 0 unspecified atom stereocenters. The Morgan fingerprint density at radius 2 is 1.75 bits per heavy atom. The summed E-state index contributed by atoms with van der Waals surface area (Å²) >= 11 is 0. The van der Waals surface area contributed by atoms with E-state index < -0.39 is 0 Å². The molecule has 1 fully saturated rings. The Hall–Kier alpha value is -2.12. The molecule has 0 saturated carbocycles. The van der Waals surface area contributed by atoms with Gasteiger partial charge in [-0.25, -0.2) is 0 Å². The molecule has 0 spiro atoms. The molecule has 4 rings (SSSR count). The number of aryl methyl sites for hydroxylation is 1. The average Bonchev–Trinajstić information content (AvgIpc) is 3.15. The molecule has 1 saturated heterocycles. The summed E-state index contributed by atoms with van der Waals surface area (Å²) < 4.78 is 17.5. The van der Waals surface area contributed by atoms with E-state index in [1.54, 1.807) is 6.92 Å². The van der Waals surface area contributed by atoms with Crippen molar-refractivity contribution >= 4 is 23.5 Å². The van der Waals surface area contributed by atoms with Gasteiger partial charge in [0.25, 0.3) is 5.89 Å². The van der Waals surface area contributed by atoms with Gasteiger partial charge >= 0.3 is 7.12 Å². The zero-order valence-corrected chi connectivity index (χ0v) is 14.5. The van der Waals surface area contributed by atoms with Crippen LogP contribution in [0.5, 0.6) is 0 Å². The maximum atomic E-state index is 6.12. The number of nitrogens with one attached hydrogen (secondary N) is 1. The van der Waals surface area contributed by atoms with Crippen LogP contribution in [0.2, 0.25) is 0 Å². The number of fused-ring (bicyclic) bond motifs is 1. The Kier molecular flexibility index (Phi) is 3.17. The summed E-state index contributed by atoms with van der Waals surface area (Å²) in [5.41, 5.74) is 2.10. The van der Waals surface area contributed by atoms with Crippen LogP contribution in [0.1, 0.15) is 33.5 Å². The van der Waals surface area contributed by atoms with Gasteiger partial charge in [-0.05, 0) is 57.6 Å². The maximum absolute atomic E-state index is 6.12. The third-order valence-electron chi connectivity index (χ3n) is 4.93. The van der Waals surface area contributed by atoms with Crippen molar-refractivity contribution in [2.45, 2.75) is 45.8 Å². The van der Waals surface area contributed by atoms with Crippen molar-refractivity contribution in [1.82, 2.24) is 15.1 Å². The number of hydrogen-bond donors (Lipinski definition) is 1. The van der Waals surface area contributed by atoms with Gasteiger partial charge in [0.15, 0.2) is 5.82 Å². The third kappa shape index (κ3) is 2.35. The van der Waals surface area contributed by atoms with Crippen LogP contribution in [0.4, 0.5) is 0 Å². The number of nitrogens with zero attached hydrogens (tertiary/aromatic N) is 2. The maximum Gasteiger partial charge on any atom is 0.494 e. The van der Waals surface area contributed by atoms with Crippen molar-refractivity contribution in [3.8, 4) is 11.6 Å². The van der Waals surface area contributed by atoms with Gasteiger partial charge in [0.1, 0.15) is 5.69 Å². The topological polar surface area (TPSA) is 73.2 Å². The predicted molar refractivity (Wildman–Crippen MR) is 92.0 cm³/mol. The molecule has 0 atom stereocenters. The first-order valence-corrected chi connectivity index (χ1v) is 8.04. The van der Waals surface area contributed by atoms with E-state index in [-0.39, 0.29) is 18.3 Å². The molecule has 3 heterocycles. The van der Waals surface area contributed by atoms with Crippen LogP contribution >= 0.6 is 0 Å². The fourth-order valence-corrected chi connectivity index (χ4v) is 2.80. The fourth-order valence-electron chi connectivity index (χ4n) is 2.80. The van der Waals surface area contributed by atoms with Gasteiger partial charge in [0, 0.05) is 5.52 Å². The number of rotatable bonds is 2. The second-order valence-corrected chi connectivity index (χ2v) is 7.26. The molecule has 6 nitrogen and oxygen atoms in total. The first-order chi connectivity index (χ1) is 11.2. The molecular weight excluding hydrogens is 305 g/mol.